The molecular weight excluding hydrogens is 191 g/mol. The lowest BCUT2D eigenvalue weighted by Gasteiger charge is -2.44. The average Bonchev–Trinajstić information content (AvgIpc) is 2.16. The van der Waals surface area contributed by atoms with Gasteiger partial charge in [-0.15, -0.1) is 12.4 Å². The van der Waals surface area contributed by atoms with Crippen LogP contribution in [0.25, 0.3) is 0 Å². The highest BCUT2D eigenvalue weighted by molar-refractivity contribution is 5.85. The third-order valence-electron chi connectivity index (χ3n) is 2.85. The number of halogens is 4. The van der Waals surface area contributed by atoms with E-state index in [4.69, 9.17) is 0 Å². The fourth-order valence-electron chi connectivity index (χ4n) is 2.34. The van der Waals surface area contributed by atoms with Crippen molar-refractivity contribution in [3.8, 4) is 0 Å². The van der Waals surface area contributed by atoms with E-state index in [9.17, 15) is 13.2 Å². The molecule has 3 fully saturated rings. The SMILES string of the molecule is CC12CNC(C(F)(F)F)(C1)C2.Cl. The highest BCUT2D eigenvalue weighted by Gasteiger charge is 2.70. The van der Waals surface area contributed by atoms with E-state index in [1.165, 1.54) is 0 Å². The van der Waals surface area contributed by atoms with E-state index >= 15 is 0 Å². The lowest BCUT2D eigenvalue weighted by Crippen LogP contribution is -2.57. The van der Waals surface area contributed by atoms with Gasteiger partial charge in [-0.25, -0.2) is 0 Å². The first-order valence-electron chi connectivity index (χ1n) is 3.69. The third-order valence-corrected chi connectivity index (χ3v) is 2.85. The molecular formula is C7H11ClF3N. The number of hydrogen-bond acceptors (Lipinski definition) is 1. The Morgan fingerprint density at radius 3 is 1.92 bits per heavy atom. The van der Waals surface area contributed by atoms with E-state index in [0.717, 1.165) is 0 Å². The van der Waals surface area contributed by atoms with E-state index in [-0.39, 0.29) is 30.7 Å². The van der Waals surface area contributed by atoms with Crippen molar-refractivity contribution < 1.29 is 13.2 Å². The molecule has 0 amide bonds. The van der Waals surface area contributed by atoms with E-state index in [1.807, 2.05) is 6.92 Å². The molecule has 0 aromatic heterocycles. The summed E-state index contributed by atoms with van der Waals surface area (Å²) in [5.74, 6) is 0. The fraction of sp³-hybridized carbons (Fsp3) is 1.00. The van der Waals surface area contributed by atoms with Crippen molar-refractivity contribution in [2.75, 3.05) is 6.54 Å². The monoisotopic (exact) mass is 201 g/mol. The predicted molar refractivity (Wildman–Crippen MR) is 41.4 cm³/mol. The van der Waals surface area contributed by atoms with Crippen molar-refractivity contribution >= 4 is 12.4 Å². The molecule has 3 rings (SSSR count). The van der Waals surface area contributed by atoms with Crippen molar-refractivity contribution in [1.82, 2.24) is 5.32 Å². The Hall–Kier alpha value is 0.0400. The van der Waals surface area contributed by atoms with Crippen LogP contribution < -0.4 is 5.32 Å². The molecule has 2 heterocycles. The van der Waals surface area contributed by atoms with Gasteiger partial charge in [-0.3, -0.25) is 0 Å². The minimum Gasteiger partial charge on any atom is -0.303 e. The maximum Gasteiger partial charge on any atom is 0.406 e. The predicted octanol–water partition coefficient (Wildman–Crippen LogP) is 2.11. The molecule has 0 aromatic carbocycles. The topological polar surface area (TPSA) is 12.0 Å². The van der Waals surface area contributed by atoms with E-state index in [2.05, 4.69) is 5.32 Å². The number of rotatable bonds is 0. The maximum absolute atomic E-state index is 12.3. The molecule has 2 bridgehead atoms. The van der Waals surface area contributed by atoms with E-state index in [0.29, 0.717) is 6.54 Å². The second kappa shape index (κ2) is 2.29. The van der Waals surface area contributed by atoms with Crippen LogP contribution in [0.3, 0.4) is 0 Å². The zero-order chi connectivity index (χ0) is 8.33. The zero-order valence-electron chi connectivity index (χ0n) is 6.66. The van der Waals surface area contributed by atoms with Crippen LogP contribution in [0.2, 0.25) is 0 Å². The van der Waals surface area contributed by atoms with Crippen LogP contribution in [-0.4, -0.2) is 18.3 Å². The van der Waals surface area contributed by atoms with Gasteiger partial charge in [0.1, 0.15) is 5.54 Å². The van der Waals surface area contributed by atoms with Crippen LogP contribution in [0.1, 0.15) is 19.8 Å². The summed E-state index contributed by atoms with van der Waals surface area (Å²) >= 11 is 0. The normalized spacial score (nSPS) is 45.0. The lowest BCUT2D eigenvalue weighted by atomic mass is 9.63. The van der Waals surface area contributed by atoms with Crippen LogP contribution in [0, 0.1) is 5.41 Å². The molecule has 12 heavy (non-hydrogen) atoms. The van der Waals surface area contributed by atoms with Gasteiger partial charge >= 0.3 is 6.18 Å². The number of alkyl halides is 3. The first-order valence-corrected chi connectivity index (χ1v) is 3.69. The maximum atomic E-state index is 12.3. The highest BCUT2D eigenvalue weighted by atomic mass is 35.5. The van der Waals surface area contributed by atoms with Crippen molar-refractivity contribution in [2.45, 2.75) is 31.5 Å². The molecule has 1 nitrogen and oxygen atoms in total. The Morgan fingerprint density at radius 1 is 1.25 bits per heavy atom. The lowest BCUT2D eigenvalue weighted by molar-refractivity contribution is -0.218. The van der Waals surface area contributed by atoms with Crippen LogP contribution in [0.15, 0.2) is 0 Å². The van der Waals surface area contributed by atoms with Gasteiger partial charge < -0.3 is 5.32 Å². The summed E-state index contributed by atoms with van der Waals surface area (Å²) in [6.07, 6.45) is -3.52. The van der Waals surface area contributed by atoms with Crippen molar-refractivity contribution in [3.05, 3.63) is 0 Å². The van der Waals surface area contributed by atoms with Gasteiger partial charge in [-0.2, -0.15) is 13.2 Å². The van der Waals surface area contributed by atoms with Crippen molar-refractivity contribution in [3.63, 3.8) is 0 Å². The molecule has 1 aliphatic carbocycles. The molecule has 1 saturated carbocycles. The molecule has 0 unspecified atom stereocenters. The smallest absolute Gasteiger partial charge is 0.303 e. The third kappa shape index (κ3) is 1.04. The highest BCUT2D eigenvalue weighted by Crippen LogP contribution is 2.59. The fourth-order valence-corrected chi connectivity index (χ4v) is 2.34. The number of hydrogen-bond donors (Lipinski definition) is 1. The molecule has 0 spiro atoms. The Labute approximate surface area is 75.1 Å². The molecule has 2 aliphatic heterocycles. The van der Waals surface area contributed by atoms with Crippen molar-refractivity contribution in [1.29, 1.82) is 0 Å². The first kappa shape index (κ1) is 10.1. The summed E-state index contributed by atoms with van der Waals surface area (Å²) in [4.78, 5) is 0. The largest absolute Gasteiger partial charge is 0.406 e. The van der Waals surface area contributed by atoms with Crippen LogP contribution in [-0.2, 0) is 0 Å². The van der Waals surface area contributed by atoms with Gasteiger partial charge in [0.25, 0.3) is 0 Å². The van der Waals surface area contributed by atoms with Gasteiger partial charge in [0, 0.05) is 6.54 Å². The van der Waals surface area contributed by atoms with Gasteiger partial charge in [-0.05, 0) is 18.3 Å². The summed E-state index contributed by atoms with van der Waals surface area (Å²) in [7, 11) is 0. The molecule has 5 heteroatoms. The molecule has 3 aliphatic rings. The quantitative estimate of drug-likeness (QED) is 0.633. The average molecular weight is 202 g/mol. The minimum atomic E-state index is -4.05. The molecule has 0 atom stereocenters. The zero-order valence-corrected chi connectivity index (χ0v) is 7.48. The van der Waals surface area contributed by atoms with Crippen molar-refractivity contribution in [2.24, 2.45) is 5.41 Å². The number of nitrogens with one attached hydrogen (secondary N) is 1. The summed E-state index contributed by atoms with van der Waals surface area (Å²) in [5, 5.41) is 2.56. The Bertz CT molecular complexity index is 195. The van der Waals surface area contributed by atoms with Crippen LogP contribution in [0.5, 0.6) is 0 Å². The standard InChI is InChI=1S/C7H10F3N.ClH/c1-5-2-6(3-5,11-4-5)7(8,9)10;/h11H,2-4H2,1H3;1H. The van der Waals surface area contributed by atoms with Gasteiger partial charge in [0.15, 0.2) is 0 Å². The Balaban J connectivity index is 0.000000720. The van der Waals surface area contributed by atoms with Crippen LogP contribution >= 0.6 is 12.4 Å². The number of fused-ring (bicyclic) bond motifs is 1. The molecule has 72 valence electrons. The Morgan fingerprint density at radius 2 is 1.75 bits per heavy atom. The summed E-state index contributed by atoms with van der Waals surface area (Å²) in [6, 6.07) is 0. The summed E-state index contributed by atoms with van der Waals surface area (Å²) in [5.41, 5.74) is -1.59. The second-order valence-electron chi connectivity index (χ2n) is 4.10. The summed E-state index contributed by atoms with van der Waals surface area (Å²) < 4.78 is 36.9. The minimum absolute atomic E-state index is 0. The Kier molecular flexibility index (Phi) is 1.93. The van der Waals surface area contributed by atoms with E-state index in [1.54, 1.807) is 0 Å². The van der Waals surface area contributed by atoms with Gasteiger partial charge in [-0.1, -0.05) is 6.92 Å². The first-order chi connectivity index (χ1) is 4.87. The van der Waals surface area contributed by atoms with Crippen LogP contribution in [0.4, 0.5) is 13.2 Å². The van der Waals surface area contributed by atoms with Gasteiger partial charge in [0.2, 0.25) is 0 Å². The van der Waals surface area contributed by atoms with E-state index < -0.39 is 11.7 Å². The van der Waals surface area contributed by atoms with Gasteiger partial charge in [0.05, 0.1) is 0 Å². The molecule has 2 saturated heterocycles. The molecule has 0 aromatic rings. The summed E-state index contributed by atoms with van der Waals surface area (Å²) in [6.45, 7) is 2.42. The molecule has 1 N–H and O–H groups in total. The molecule has 0 radical (unpaired) electrons. The second-order valence-corrected chi connectivity index (χ2v) is 4.10.